The summed E-state index contributed by atoms with van der Waals surface area (Å²) in [5.41, 5.74) is 1.91. The van der Waals surface area contributed by atoms with Gasteiger partial charge in [0.25, 0.3) is 5.91 Å². The van der Waals surface area contributed by atoms with Crippen molar-refractivity contribution in [2.24, 2.45) is 0 Å². The van der Waals surface area contributed by atoms with E-state index in [1.54, 1.807) is 12.0 Å². The Hall–Kier alpha value is -1.39. The van der Waals surface area contributed by atoms with Crippen LogP contribution in [0, 0.1) is 0 Å². The summed E-state index contributed by atoms with van der Waals surface area (Å²) in [7, 11) is 1.60. The third kappa shape index (κ3) is 4.62. The molecule has 0 saturated heterocycles. The van der Waals surface area contributed by atoms with Crippen molar-refractivity contribution in [2.45, 2.75) is 26.2 Å². The smallest absolute Gasteiger partial charge is 0.254 e. The molecule has 0 unspecified atom stereocenters. The van der Waals surface area contributed by atoms with E-state index in [1.165, 1.54) is 5.56 Å². The van der Waals surface area contributed by atoms with E-state index in [0.717, 1.165) is 0 Å². The van der Waals surface area contributed by atoms with Gasteiger partial charge in [0.2, 0.25) is 0 Å². The fourth-order valence-corrected chi connectivity index (χ4v) is 1.93. The predicted octanol–water partition coefficient (Wildman–Crippen LogP) is 2.07. The lowest BCUT2D eigenvalue weighted by atomic mass is 9.86. The second-order valence-corrected chi connectivity index (χ2v) is 5.84. The van der Waals surface area contributed by atoms with Crippen molar-refractivity contribution in [1.29, 1.82) is 0 Å². The normalized spacial score (nSPS) is 11.4. The number of carbonyl (C=O) groups is 1. The zero-order chi connectivity index (χ0) is 15.2. The SMILES string of the molecule is COCCN(CCO)C(=O)c1ccc(C(C)(C)C)cc1. The molecule has 4 nitrogen and oxygen atoms in total. The molecule has 0 aliphatic heterocycles. The van der Waals surface area contributed by atoms with Crippen LogP contribution in [0.1, 0.15) is 36.7 Å². The maximum Gasteiger partial charge on any atom is 0.254 e. The molecular weight excluding hydrogens is 254 g/mol. The molecule has 4 heteroatoms. The van der Waals surface area contributed by atoms with Crippen molar-refractivity contribution in [3.05, 3.63) is 35.4 Å². The van der Waals surface area contributed by atoms with Crippen LogP contribution in [0.15, 0.2) is 24.3 Å². The van der Waals surface area contributed by atoms with Crippen LogP contribution in [0.4, 0.5) is 0 Å². The van der Waals surface area contributed by atoms with E-state index in [0.29, 0.717) is 25.3 Å². The quantitative estimate of drug-likeness (QED) is 0.867. The van der Waals surface area contributed by atoms with Crippen LogP contribution >= 0.6 is 0 Å². The maximum absolute atomic E-state index is 12.4. The van der Waals surface area contributed by atoms with Gasteiger partial charge in [-0.3, -0.25) is 4.79 Å². The standard InChI is InChI=1S/C16H25NO3/c1-16(2,3)14-7-5-13(6-8-14)15(19)17(9-11-18)10-12-20-4/h5-8,18H,9-12H2,1-4H3. The summed E-state index contributed by atoms with van der Waals surface area (Å²) in [5.74, 6) is -0.0726. The molecule has 0 aliphatic rings. The molecule has 0 aliphatic carbocycles. The fourth-order valence-electron chi connectivity index (χ4n) is 1.93. The molecule has 1 rings (SSSR count). The van der Waals surface area contributed by atoms with Gasteiger partial charge >= 0.3 is 0 Å². The molecule has 0 radical (unpaired) electrons. The van der Waals surface area contributed by atoms with Gasteiger partial charge in [0.1, 0.15) is 0 Å². The number of aliphatic hydroxyl groups excluding tert-OH is 1. The number of nitrogens with zero attached hydrogens (tertiary/aromatic N) is 1. The second-order valence-electron chi connectivity index (χ2n) is 5.84. The first-order chi connectivity index (χ1) is 9.40. The largest absolute Gasteiger partial charge is 0.395 e. The monoisotopic (exact) mass is 279 g/mol. The number of carbonyl (C=O) groups excluding carboxylic acids is 1. The predicted molar refractivity (Wildman–Crippen MR) is 80.0 cm³/mol. The zero-order valence-corrected chi connectivity index (χ0v) is 12.8. The molecular formula is C16H25NO3. The summed E-state index contributed by atoms with van der Waals surface area (Å²) in [6.45, 7) is 7.64. The highest BCUT2D eigenvalue weighted by atomic mass is 16.5. The molecule has 0 aromatic heterocycles. The number of benzene rings is 1. The minimum atomic E-state index is -0.0726. The van der Waals surface area contributed by atoms with E-state index in [9.17, 15) is 4.79 Å². The maximum atomic E-state index is 12.4. The van der Waals surface area contributed by atoms with Crippen molar-refractivity contribution in [3.63, 3.8) is 0 Å². The van der Waals surface area contributed by atoms with Gasteiger partial charge in [-0.05, 0) is 23.1 Å². The lowest BCUT2D eigenvalue weighted by Crippen LogP contribution is -2.36. The number of rotatable bonds is 6. The van der Waals surface area contributed by atoms with Gasteiger partial charge in [-0.15, -0.1) is 0 Å². The molecule has 0 fully saturated rings. The summed E-state index contributed by atoms with van der Waals surface area (Å²) in [6.07, 6.45) is 0. The Bertz CT molecular complexity index is 420. The average molecular weight is 279 g/mol. The van der Waals surface area contributed by atoms with E-state index in [2.05, 4.69) is 20.8 Å². The summed E-state index contributed by atoms with van der Waals surface area (Å²) < 4.78 is 4.99. The molecule has 0 saturated carbocycles. The van der Waals surface area contributed by atoms with Gasteiger partial charge in [-0.2, -0.15) is 0 Å². The highest BCUT2D eigenvalue weighted by Crippen LogP contribution is 2.22. The summed E-state index contributed by atoms with van der Waals surface area (Å²) in [6, 6.07) is 7.67. The fraction of sp³-hybridized carbons (Fsp3) is 0.562. The van der Waals surface area contributed by atoms with E-state index >= 15 is 0 Å². The first-order valence-electron chi connectivity index (χ1n) is 6.89. The van der Waals surface area contributed by atoms with Gasteiger partial charge in [-0.25, -0.2) is 0 Å². The van der Waals surface area contributed by atoms with E-state index in [1.807, 2.05) is 24.3 Å². The number of methoxy groups -OCH3 is 1. The molecule has 112 valence electrons. The Balaban J connectivity index is 2.83. The number of aliphatic hydroxyl groups is 1. The lowest BCUT2D eigenvalue weighted by molar-refractivity contribution is 0.0656. The van der Waals surface area contributed by atoms with Crippen molar-refractivity contribution in [2.75, 3.05) is 33.4 Å². The summed E-state index contributed by atoms with van der Waals surface area (Å²) >= 11 is 0. The number of ether oxygens (including phenoxy) is 1. The second kappa shape index (κ2) is 7.41. The molecule has 1 amide bonds. The Morgan fingerprint density at radius 2 is 1.80 bits per heavy atom. The molecule has 0 bridgehead atoms. The molecule has 0 spiro atoms. The third-order valence-corrected chi connectivity index (χ3v) is 3.22. The van der Waals surface area contributed by atoms with Gasteiger partial charge in [0.15, 0.2) is 0 Å². The summed E-state index contributed by atoms with van der Waals surface area (Å²) in [5, 5.41) is 9.05. The Morgan fingerprint density at radius 3 is 2.25 bits per heavy atom. The van der Waals surface area contributed by atoms with Crippen molar-refractivity contribution >= 4 is 5.91 Å². The highest BCUT2D eigenvalue weighted by molar-refractivity contribution is 5.94. The lowest BCUT2D eigenvalue weighted by Gasteiger charge is -2.23. The van der Waals surface area contributed by atoms with Crippen molar-refractivity contribution in [1.82, 2.24) is 4.90 Å². The van der Waals surface area contributed by atoms with E-state index in [-0.39, 0.29) is 17.9 Å². The molecule has 0 heterocycles. The first-order valence-corrected chi connectivity index (χ1v) is 6.89. The first kappa shape index (κ1) is 16.7. The van der Waals surface area contributed by atoms with Crippen LogP contribution in [0.5, 0.6) is 0 Å². The Kier molecular flexibility index (Phi) is 6.17. The average Bonchev–Trinajstić information content (AvgIpc) is 2.42. The van der Waals surface area contributed by atoms with Crippen LogP contribution in [0.25, 0.3) is 0 Å². The summed E-state index contributed by atoms with van der Waals surface area (Å²) in [4.78, 5) is 14.0. The van der Waals surface area contributed by atoms with Gasteiger partial charge < -0.3 is 14.7 Å². The van der Waals surface area contributed by atoms with Crippen LogP contribution < -0.4 is 0 Å². The van der Waals surface area contributed by atoms with Crippen LogP contribution in [-0.2, 0) is 10.2 Å². The van der Waals surface area contributed by atoms with Crippen LogP contribution in [0.2, 0.25) is 0 Å². The molecule has 1 aromatic carbocycles. The van der Waals surface area contributed by atoms with Crippen molar-refractivity contribution < 1.29 is 14.6 Å². The number of hydrogen-bond donors (Lipinski definition) is 1. The zero-order valence-electron chi connectivity index (χ0n) is 12.8. The molecule has 0 atom stereocenters. The number of hydrogen-bond acceptors (Lipinski definition) is 3. The van der Waals surface area contributed by atoms with Gasteiger partial charge in [-0.1, -0.05) is 32.9 Å². The van der Waals surface area contributed by atoms with E-state index in [4.69, 9.17) is 9.84 Å². The Labute approximate surface area is 121 Å². The Morgan fingerprint density at radius 1 is 1.20 bits per heavy atom. The molecule has 1 N–H and O–H groups in total. The highest BCUT2D eigenvalue weighted by Gasteiger charge is 2.17. The van der Waals surface area contributed by atoms with E-state index < -0.39 is 0 Å². The van der Waals surface area contributed by atoms with Gasteiger partial charge in [0.05, 0.1) is 13.2 Å². The van der Waals surface area contributed by atoms with Crippen molar-refractivity contribution in [3.8, 4) is 0 Å². The van der Waals surface area contributed by atoms with Crippen LogP contribution in [-0.4, -0.2) is 49.3 Å². The minimum Gasteiger partial charge on any atom is -0.395 e. The third-order valence-electron chi connectivity index (χ3n) is 3.22. The molecule has 1 aromatic rings. The van der Waals surface area contributed by atoms with Gasteiger partial charge in [0, 0.05) is 25.8 Å². The molecule has 20 heavy (non-hydrogen) atoms. The minimum absolute atomic E-state index is 0.0461. The van der Waals surface area contributed by atoms with Crippen LogP contribution in [0.3, 0.4) is 0 Å². The topological polar surface area (TPSA) is 49.8 Å². The number of amides is 1.